The molecule has 0 unspecified atom stereocenters. The molecule has 2 N–H and O–H groups in total. The molecule has 0 aliphatic carbocycles. The minimum Gasteiger partial charge on any atom is -0.370 e. The first-order valence-corrected chi connectivity index (χ1v) is 10.6. The number of piperidine rings is 2. The summed E-state index contributed by atoms with van der Waals surface area (Å²) in [6.45, 7) is 4.75. The largest absolute Gasteiger partial charge is 0.370 e. The quantitative estimate of drug-likeness (QED) is 0.811. The fourth-order valence-electron chi connectivity index (χ4n) is 5.20. The molecular weight excluding hydrogens is 368 g/mol. The summed E-state index contributed by atoms with van der Waals surface area (Å²) in [5, 5.41) is 11.5. The normalized spacial score (nSPS) is 22.4. The fraction of sp³-hybridized carbons (Fsp3) is 0.571. The van der Waals surface area contributed by atoms with Gasteiger partial charge in [0.15, 0.2) is 5.82 Å². The summed E-state index contributed by atoms with van der Waals surface area (Å²) in [4.78, 5) is 27.9. The predicted molar refractivity (Wildman–Crippen MR) is 112 cm³/mol. The zero-order valence-corrected chi connectivity index (χ0v) is 16.9. The molecular formula is C21H28N6O2. The van der Waals surface area contributed by atoms with Crippen LogP contribution in [0.3, 0.4) is 0 Å². The summed E-state index contributed by atoms with van der Waals surface area (Å²) < 4.78 is 1.87. The van der Waals surface area contributed by atoms with Crippen molar-refractivity contribution in [1.29, 1.82) is 0 Å². The molecule has 1 spiro atoms. The maximum absolute atomic E-state index is 12.3. The molecule has 0 bridgehead atoms. The van der Waals surface area contributed by atoms with Crippen LogP contribution in [0.25, 0.3) is 10.9 Å². The average Bonchev–Trinajstić information content (AvgIpc) is 3.06. The van der Waals surface area contributed by atoms with Crippen LogP contribution in [0.2, 0.25) is 0 Å². The summed E-state index contributed by atoms with van der Waals surface area (Å²) in [6.07, 6.45) is 5.32. The maximum Gasteiger partial charge on any atom is 0.329 e. The van der Waals surface area contributed by atoms with Crippen LogP contribution >= 0.6 is 0 Å². The molecule has 2 aromatic rings. The van der Waals surface area contributed by atoms with Crippen LogP contribution in [0.1, 0.15) is 32.1 Å². The lowest BCUT2D eigenvalue weighted by molar-refractivity contribution is -0.120. The molecule has 3 fully saturated rings. The molecule has 8 heteroatoms. The number of urea groups is 1. The van der Waals surface area contributed by atoms with Gasteiger partial charge in [0, 0.05) is 38.5 Å². The van der Waals surface area contributed by atoms with Gasteiger partial charge in [0.1, 0.15) is 0 Å². The Morgan fingerprint density at radius 3 is 2.52 bits per heavy atom. The SMILES string of the molecule is Cn1nc(N2CCC(=O)NC2=O)c2cccc(N3CCC4(CCNCC4)CC3)c21. The number of carbonyl (C=O) groups is 2. The Bertz CT molecular complexity index is 951. The molecule has 0 atom stereocenters. The maximum atomic E-state index is 12.3. The van der Waals surface area contributed by atoms with Crippen LogP contribution in [-0.4, -0.2) is 54.4 Å². The topological polar surface area (TPSA) is 82.5 Å². The minimum atomic E-state index is -0.391. The number of aryl methyl sites for hydroxylation is 1. The Balaban J connectivity index is 1.45. The van der Waals surface area contributed by atoms with E-state index < -0.39 is 6.03 Å². The number of anilines is 2. The van der Waals surface area contributed by atoms with Gasteiger partial charge in [-0.2, -0.15) is 5.10 Å². The van der Waals surface area contributed by atoms with E-state index in [0.717, 1.165) is 37.1 Å². The van der Waals surface area contributed by atoms with Crippen molar-refractivity contribution in [1.82, 2.24) is 20.4 Å². The van der Waals surface area contributed by atoms with E-state index in [1.54, 1.807) is 4.90 Å². The third-order valence-corrected chi connectivity index (χ3v) is 6.96. The van der Waals surface area contributed by atoms with Crippen molar-refractivity contribution >= 4 is 34.3 Å². The van der Waals surface area contributed by atoms with Gasteiger partial charge < -0.3 is 10.2 Å². The zero-order chi connectivity index (χ0) is 20.0. The number of hydrogen-bond acceptors (Lipinski definition) is 5. The van der Waals surface area contributed by atoms with E-state index >= 15 is 0 Å². The van der Waals surface area contributed by atoms with Crippen molar-refractivity contribution in [3.05, 3.63) is 18.2 Å². The number of para-hydroxylation sites is 1. The van der Waals surface area contributed by atoms with E-state index in [4.69, 9.17) is 0 Å². The van der Waals surface area contributed by atoms with E-state index in [-0.39, 0.29) is 5.91 Å². The number of rotatable bonds is 2. The van der Waals surface area contributed by atoms with Crippen molar-refractivity contribution in [2.45, 2.75) is 32.1 Å². The number of fused-ring (bicyclic) bond motifs is 1. The minimum absolute atomic E-state index is 0.229. The molecule has 3 aliphatic heterocycles. The van der Waals surface area contributed by atoms with Gasteiger partial charge in [0.25, 0.3) is 0 Å². The predicted octanol–water partition coefficient (Wildman–Crippen LogP) is 1.99. The second kappa shape index (κ2) is 7.02. The van der Waals surface area contributed by atoms with Gasteiger partial charge in [-0.25, -0.2) is 4.79 Å². The first-order chi connectivity index (χ1) is 14.1. The van der Waals surface area contributed by atoms with Gasteiger partial charge in [0.05, 0.1) is 11.2 Å². The molecule has 3 saturated heterocycles. The molecule has 3 amide bonds. The molecule has 4 heterocycles. The highest BCUT2D eigenvalue weighted by Gasteiger charge is 2.36. The monoisotopic (exact) mass is 396 g/mol. The van der Waals surface area contributed by atoms with Gasteiger partial charge in [-0.05, 0) is 56.3 Å². The molecule has 154 valence electrons. The van der Waals surface area contributed by atoms with Crippen LogP contribution in [0.4, 0.5) is 16.3 Å². The summed E-state index contributed by atoms with van der Waals surface area (Å²) in [6, 6.07) is 5.83. The van der Waals surface area contributed by atoms with Crippen LogP contribution in [0.15, 0.2) is 18.2 Å². The molecule has 29 heavy (non-hydrogen) atoms. The highest BCUT2D eigenvalue weighted by atomic mass is 16.2. The number of benzene rings is 1. The number of nitrogens with zero attached hydrogens (tertiary/aromatic N) is 4. The van der Waals surface area contributed by atoms with Crippen molar-refractivity contribution in [2.24, 2.45) is 12.5 Å². The molecule has 0 radical (unpaired) electrons. The van der Waals surface area contributed by atoms with Crippen molar-refractivity contribution in [3.63, 3.8) is 0 Å². The lowest BCUT2D eigenvalue weighted by Gasteiger charge is -2.45. The Labute approximate surface area is 170 Å². The lowest BCUT2D eigenvalue weighted by Crippen LogP contribution is -2.49. The van der Waals surface area contributed by atoms with Crippen molar-refractivity contribution < 1.29 is 9.59 Å². The van der Waals surface area contributed by atoms with Crippen LogP contribution in [0.5, 0.6) is 0 Å². The Morgan fingerprint density at radius 2 is 1.79 bits per heavy atom. The summed E-state index contributed by atoms with van der Waals surface area (Å²) in [5.74, 6) is 0.397. The van der Waals surface area contributed by atoms with Crippen LogP contribution in [-0.2, 0) is 11.8 Å². The van der Waals surface area contributed by atoms with E-state index in [2.05, 4.69) is 26.7 Å². The first-order valence-electron chi connectivity index (χ1n) is 10.6. The molecule has 3 aliphatic rings. The Morgan fingerprint density at radius 1 is 1.03 bits per heavy atom. The molecule has 8 nitrogen and oxygen atoms in total. The van der Waals surface area contributed by atoms with Gasteiger partial charge >= 0.3 is 6.03 Å². The van der Waals surface area contributed by atoms with Gasteiger partial charge in [-0.3, -0.25) is 19.7 Å². The van der Waals surface area contributed by atoms with E-state index in [0.29, 0.717) is 24.2 Å². The molecule has 0 saturated carbocycles. The van der Waals surface area contributed by atoms with E-state index in [1.807, 2.05) is 23.9 Å². The second-order valence-corrected chi connectivity index (χ2v) is 8.61. The van der Waals surface area contributed by atoms with Gasteiger partial charge in [0.2, 0.25) is 5.91 Å². The second-order valence-electron chi connectivity index (χ2n) is 8.61. The Hall–Kier alpha value is -2.61. The number of aromatic nitrogens is 2. The van der Waals surface area contributed by atoms with Crippen LogP contribution in [0, 0.1) is 5.41 Å². The first kappa shape index (κ1) is 18.4. The Kier molecular flexibility index (Phi) is 4.46. The van der Waals surface area contributed by atoms with Crippen molar-refractivity contribution in [2.75, 3.05) is 42.5 Å². The fourth-order valence-corrected chi connectivity index (χ4v) is 5.20. The summed E-state index contributed by atoms with van der Waals surface area (Å²) in [7, 11) is 1.93. The number of nitrogens with one attached hydrogen (secondary N) is 2. The van der Waals surface area contributed by atoms with E-state index in [1.165, 1.54) is 31.4 Å². The number of amides is 3. The summed E-state index contributed by atoms with van der Waals surface area (Å²) >= 11 is 0. The molecule has 1 aromatic carbocycles. The third kappa shape index (κ3) is 3.15. The third-order valence-electron chi connectivity index (χ3n) is 6.96. The zero-order valence-electron chi connectivity index (χ0n) is 16.9. The molecule has 5 rings (SSSR count). The average molecular weight is 396 g/mol. The number of hydrogen-bond donors (Lipinski definition) is 2. The summed E-state index contributed by atoms with van der Waals surface area (Å²) in [5.41, 5.74) is 2.74. The smallest absolute Gasteiger partial charge is 0.329 e. The highest BCUT2D eigenvalue weighted by molar-refractivity contribution is 6.10. The van der Waals surface area contributed by atoms with Gasteiger partial charge in [-0.1, -0.05) is 6.07 Å². The number of carbonyl (C=O) groups excluding carboxylic acids is 2. The van der Waals surface area contributed by atoms with E-state index in [9.17, 15) is 9.59 Å². The number of imide groups is 1. The van der Waals surface area contributed by atoms with Crippen LogP contribution < -0.4 is 20.4 Å². The standard InChI is InChI=1S/C21H28N6O2/c1-25-18-15(19(24-25)27-12-5-17(28)23-20(27)29)3-2-4-16(18)26-13-8-21(9-14-26)6-10-22-11-7-21/h2-4,22H,5-14H2,1H3,(H,23,28,29). The lowest BCUT2D eigenvalue weighted by atomic mass is 9.71. The molecule has 1 aromatic heterocycles. The van der Waals surface area contributed by atoms with Gasteiger partial charge in [-0.15, -0.1) is 0 Å². The highest BCUT2D eigenvalue weighted by Crippen LogP contribution is 2.42. The van der Waals surface area contributed by atoms with Crippen molar-refractivity contribution in [3.8, 4) is 0 Å².